The Balaban J connectivity index is 1.53. The number of hydrazone groups is 1. The highest BCUT2D eigenvalue weighted by molar-refractivity contribution is 9.10. The molecule has 0 bridgehead atoms. The van der Waals surface area contributed by atoms with Gasteiger partial charge in [0, 0.05) is 10.6 Å². The maximum Gasteiger partial charge on any atom is 0.277 e. The lowest BCUT2D eigenvalue weighted by molar-refractivity contribution is -0.123. The van der Waals surface area contributed by atoms with Crippen molar-refractivity contribution < 1.29 is 13.9 Å². The fourth-order valence-electron chi connectivity index (χ4n) is 2.39. The Hall–Kier alpha value is -2.57. The van der Waals surface area contributed by atoms with Gasteiger partial charge in [0.2, 0.25) is 0 Å². The standard InChI is InChI=1S/C21H18BrClN2O3/c1-13-3-7-20(17(22)9-13)27-12-21(26)25-24-11-16-6-8-19(28-16)15-5-4-14(2)18(23)10-15/h3-11H,12H2,1-2H3,(H,25,26)/b24-11+. The quantitative estimate of drug-likeness (QED) is 0.389. The normalized spacial score (nSPS) is 11.0. The summed E-state index contributed by atoms with van der Waals surface area (Å²) >= 11 is 9.55. The zero-order valence-corrected chi connectivity index (χ0v) is 17.7. The van der Waals surface area contributed by atoms with Crippen molar-refractivity contribution in [3.05, 3.63) is 74.9 Å². The van der Waals surface area contributed by atoms with Crippen LogP contribution in [0.5, 0.6) is 5.75 Å². The van der Waals surface area contributed by atoms with Crippen LogP contribution in [0.1, 0.15) is 16.9 Å². The first kappa shape index (κ1) is 20.2. The van der Waals surface area contributed by atoms with Gasteiger partial charge in [-0.15, -0.1) is 0 Å². The van der Waals surface area contributed by atoms with E-state index in [1.807, 2.05) is 50.2 Å². The molecule has 0 radical (unpaired) electrons. The zero-order valence-electron chi connectivity index (χ0n) is 15.3. The maximum atomic E-state index is 11.9. The highest BCUT2D eigenvalue weighted by atomic mass is 79.9. The van der Waals surface area contributed by atoms with E-state index < -0.39 is 0 Å². The van der Waals surface area contributed by atoms with E-state index in [2.05, 4.69) is 26.5 Å². The fourth-order valence-corrected chi connectivity index (χ4v) is 3.18. The van der Waals surface area contributed by atoms with E-state index >= 15 is 0 Å². The van der Waals surface area contributed by atoms with E-state index in [-0.39, 0.29) is 12.5 Å². The summed E-state index contributed by atoms with van der Waals surface area (Å²) in [5.74, 6) is 1.40. The lowest BCUT2D eigenvalue weighted by atomic mass is 10.1. The Kier molecular flexibility index (Phi) is 6.54. The number of hydrogen-bond donors (Lipinski definition) is 1. The van der Waals surface area contributed by atoms with E-state index in [1.54, 1.807) is 12.1 Å². The fraction of sp³-hybridized carbons (Fsp3) is 0.143. The molecule has 1 amide bonds. The molecule has 1 aromatic heterocycles. The summed E-state index contributed by atoms with van der Waals surface area (Å²) in [6.45, 7) is 3.77. The molecule has 0 saturated heterocycles. The van der Waals surface area contributed by atoms with Crippen molar-refractivity contribution >= 4 is 39.7 Å². The van der Waals surface area contributed by atoms with Crippen molar-refractivity contribution in [2.75, 3.05) is 6.61 Å². The van der Waals surface area contributed by atoms with Crippen molar-refractivity contribution in [3.8, 4) is 17.1 Å². The van der Waals surface area contributed by atoms with E-state index in [9.17, 15) is 4.79 Å². The number of furan rings is 1. The van der Waals surface area contributed by atoms with Gasteiger partial charge in [-0.05, 0) is 71.2 Å². The van der Waals surface area contributed by atoms with Crippen LogP contribution in [0.15, 0.2) is 62.5 Å². The third kappa shape index (κ3) is 5.24. The first-order chi connectivity index (χ1) is 13.4. The molecule has 3 aromatic rings. The number of ether oxygens (including phenoxy) is 1. The largest absolute Gasteiger partial charge is 0.483 e. The van der Waals surface area contributed by atoms with Crippen LogP contribution in [0, 0.1) is 13.8 Å². The average molecular weight is 462 g/mol. The van der Waals surface area contributed by atoms with Crippen LogP contribution in [0.25, 0.3) is 11.3 Å². The van der Waals surface area contributed by atoms with Gasteiger partial charge in [0.15, 0.2) is 6.61 Å². The number of hydrogen-bond acceptors (Lipinski definition) is 4. The second-order valence-corrected chi connectivity index (χ2v) is 7.44. The molecule has 28 heavy (non-hydrogen) atoms. The van der Waals surface area contributed by atoms with Gasteiger partial charge in [0.05, 0.1) is 10.7 Å². The van der Waals surface area contributed by atoms with Gasteiger partial charge in [-0.2, -0.15) is 5.10 Å². The van der Waals surface area contributed by atoms with Crippen LogP contribution in [-0.2, 0) is 4.79 Å². The third-order valence-corrected chi connectivity index (χ3v) is 4.94. The van der Waals surface area contributed by atoms with Crippen molar-refractivity contribution in [1.29, 1.82) is 0 Å². The average Bonchev–Trinajstić information content (AvgIpc) is 3.12. The monoisotopic (exact) mass is 460 g/mol. The van der Waals surface area contributed by atoms with E-state index in [0.29, 0.717) is 22.3 Å². The highest BCUT2D eigenvalue weighted by Crippen LogP contribution is 2.27. The van der Waals surface area contributed by atoms with Gasteiger partial charge in [0.25, 0.3) is 5.91 Å². The molecule has 0 atom stereocenters. The first-order valence-electron chi connectivity index (χ1n) is 8.49. The van der Waals surface area contributed by atoms with Crippen molar-refractivity contribution in [2.45, 2.75) is 13.8 Å². The summed E-state index contributed by atoms with van der Waals surface area (Å²) in [6.07, 6.45) is 1.43. The Morgan fingerprint density at radius 3 is 2.79 bits per heavy atom. The Morgan fingerprint density at radius 2 is 2.04 bits per heavy atom. The van der Waals surface area contributed by atoms with Crippen LogP contribution < -0.4 is 10.2 Å². The smallest absolute Gasteiger partial charge is 0.277 e. The van der Waals surface area contributed by atoms with Gasteiger partial charge in [-0.1, -0.05) is 29.8 Å². The van der Waals surface area contributed by atoms with Gasteiger partial charge in [-0.25, -0.2) is 5.43 Å². The second-order valence-electron chi connectivity index (χ2n) is 6.18. The number of halogens is 2. The summed E-state index contributed by atoms with van der Waals surface area (Å²) in [4.78, 5) is 11.9. The SMILES string of the molecule is Cc1ccc(OCC(=O)N/N=C/c2ccc(-c3ccc(C)c(Cl)c3)o2)c(Br)c1. The molecule has 3 rings (SSSR count). The Morgan fingerprint density at radius 1 is 1.21 bits per heavy atom. The molecular formula is C21H18BrClN2O3. The molecule has 0 unspecified atom stereocenters. The molecule has 1 heterocycles. The van der Waals surface area contributed by atoms with Crippen LogP contribution in [0.3, 0.4) is 0 Å². The lowest BCUT2D eigenvalue weighted by Crippen LogP contribution is -2.24. The summed E-state index contributed by atoms with van der Waals surface area (Å²) < 4.78 is 12.0. The van der Waals surface area contributed by atoms with E-state index in [4.69, 9.17) is 20.8 Å². The Bertz CT molecular complexity index is 1030. The maximum absolute atomic E-state index is 11.9. The topological polar surface area (TPSA) is 63.8 Å². The molecule has 5 nitrogen and oxygen atoms in total. The van der Waals surface area contributed by atoms with Crippen LogP contribution >= 0.6 is 27.5 Å². The molecular weight excluding hydrogens is 444 g/mol. The summed E-state index contributed by atoms with van der Waals surface area (Å²) in [5.41, 5.74) is 5.38. The van der Waals surface area contributed by atoms with Crippen LogP contribution in [0.4, 0.5) is 0 Å². The molecule has 0 aliphatic rings. The Labute approximate surface area is 176 Å². The van der Waals surface area contributed by atoms with Gasteiger partial charge in [0.1, 0.15) is 17.3 Å². The number of amides is 1. The minimum Gasteiger partial charge on any atom is -0.483 e. The second kappa shape index (κ2) is 9.08. The van der Waals surface area contributed by atoms with Gasteiger partial charge >= 0.3 is 0 Å². The molecule has 7 heteroatoms. The molecule has 2 aromatic carbocycles. The molecule has 0 aliphatic carbocycles. The van der Waals surface area contributed by atoms with Crippen molar-refractivity contribution in [1.82, 2.24) is 5.43 Å². The predicted octanol–water partition coefficient (Wildman–Crippen LogP) is 5.51. The number of rotatable bonds is 6. The molecule has 1 N–H and O–H groups in total. The number of carbonyl (C=O) groups is 1. The third-order valence-electron chi connectivity index (χ3n) is 3.91. The number of carbonyl (C=O) groups excluding carboxylic acids is 1. The molecule has 144 valence electrons. The number of nitrogens with zero attached hydrogens (tertiary/aromatic N) is 1. The summed E-state index contributed by atoms with van der Waals surface area (Å²) in [7, 11) is 0. The van der Waals surface area contributed by atoms with E-state index in [1.165, 1.54) is 6.21 Å². The number of nitrogens with one attached hydrogen (secondary N) is 1. The lowest BCUT2D eigenvalue weighted by Gasteiger charge is -2.07. The molecule has 0 spiro atoms. The number of benzene rings is 2. The number of aryl methyl sites for hydroxylation is 2. The minimum absolute atomic E-state index is 0.149. The highest BCUT2D eigenvalue weighted by Gasteiger charge is 2.07. The molecule has 0 aliphatic heterocycles. The summed E-state index contributed by atoms with van der Waals surface area (Å²) in [5, 5.41) is 4.57. The van der Waals surface area contributed by atoms with Gasteiger partial charge in [-0.3, -0.25) is 4.79 Å². The van der Waals surface area contributed by atoms with Crippen LogP contribution in [-0.4, -0.2) is 18.7 Å². The van der Waals surface area contributed by atoms with Crippen LogP contribution in [0.2, 0.25) is 5.02 Å². The van der Waals surface area contributed by atoms with E-state index in [0.717, 1.165) is 21.2 Å². The molecule has 0 fully saturated rings. The predicted molar refractivity (Wildman–Crippen MR) is 114 cm³/mol. The molecule has 0 saturated carbocycles. The summed E-state index contributed by atoms with van der Waals surface area (Å²) in [6, 6.07) is 14.9. The first-order valence-corrected chi connectivity index (χ1v) is 9.66. The minimum atomic E-state index is -0.374. The zero-order chi connectivity index (χ0) is 20.1. The van der Waals surface area contributed by atoms with Gasteiger partial charge < -0.3 is 9.15 Å². The van der Waals surface area contributed by atoms with Crippen molar-refractivity contribution in [2.24, 2.45) is 5.10 Å². The van der Waals surface area contributed by atoms with Crippen molar-refractivity contribution in [3.63, 3.8) is 0 Å².